The Balaban J connectivity index is 2.13. The third kappa shape index (κ3) is 3.50. The molecule has 1 heterocycles. The lowest BCUT2D eigenvalue weighted by atomic mass is 9.83. The van der Waals surface area contributed by atoms with Crippen LogP contribution in [-0.2, 0) is 15.9 Å². The van der Waals surface area contributed by atoms with Gasteiger partial charge in [-0.3, -0.25) is 0 Å². The van der Waals surface area contributed by atoms with Crippen molar-refractivity contribution in [2.24, 2.45) is 5.73 Å². The molecule has 0 saturated carbocycles. The first-order valence-electron chi connectivity index (χ1n) is 6.98. The molecule has 112 valence electrons. The van der Waals surface area contributed by atoms with Crippen molar-refractivity contribution in [2.45, 2.75) is 37.8 Å². The Bertz CT molecular complexity index is 444. The Morgan fingerprint density at radius 3 is 2.75 bits per heavy atom. The lowest BCUT2D eigenvalue weighted by molar-refractivity contribution is -0.120. The summed E-state index contributed by atoms with van der Waals surface area (Å²) in [5.74, 6) is -0.313. The van der Waals surface area contributed by atoms with Gasteiger partial charge in [-0.2, -0.15) is 0 Å². The summed E-state index contributed by atoms with van der Waals surface area (Å²) in [6, 6.07) is 4.43. The van der Waals surface area contributed by atoms with E-state index in [1.54, 1.807) is 12.1 Å². The highest BCUT2D eigenvalue weighted by Gasteiger charge is 2.39. The van der Waals surface area contributed by atoms with Crippen molar-refractivity contribution >= 4 is 11.6 Å². The molecule has 1 unspecified atom stereocenters. The van der Waals surface area contributed by atoms with E-state index in [2.05, 4.69) is 0 Å². The van der Waals surface area contributed by atoms with Gasteiger partial charge in [-0.1, -0.05) is 17.7 Å². The van der Waals surface area contributed by atoms with E-state index in [1.807, 2.05) is 6.92 Å². The van der Waals surface area contributed by atoms with E-state index < -0.39 is 5.60 Å². The van der Waals surface area contributed by atoms with Crippen LogP contribution in [0.2, 0.25) is 5.02 Å². The van der Waals surface area contributed by atoms with E-state index in [4.69, 9.17) is 26.8 Å². The van der Waals surface area contributed by atoms with Gasteiger partial charge in [-0.05, 0) is 31.0 Å². The largest absolute Gasteiger partial charge is 0.381 e. The van der Waals surface area contributed by atoms with Gasteiger partial charge in [0.15, 0.2) is 0 Å². The van der Waals surface area contributed by atoms with Crippen LogP contribution in [0.15, 0.2) is 18.2 Å². The Kier molecular flexibility index (Phi) is 5.38. The number of hydrogen-bond acceptors (Lipinski definition) is 3. The summed E-state index contributed by atoms with van der Waals surface area (Å²) in [7, 11) is 0. The summed E-state index contributed by atoms with van der Waals surface area (Å²) < 4.78 is 25.2. The van der Waals surface area contributed by atoms with Crippen molar-refractivity contribution in [1.29, 1.82) is 0 Å². The number of halogens is 2. The number of hydrogen-bond donors (Lipinski definition) is 1. The minimum absolute atomic E-state index is 0.262. The van der Waals surface area contributed by atoms with Gasteiger partial charge in [0.25, 0.3) is 0 Å². The summed E-state index contributed by atoms with van der Waals surface area (Å²) in [6.07, 6.45) is 1.93. The van der Waals surface area contributed by atoms with Crippen LogP contribution in [0, 0.1) is 5.82 Å². The van der Waals surface area contributed by atoms with Gasteiger partial charge in [0.05, 0.1) is 5.60 Å². The molecule has 0 bridgehead atoms. The molecule has 0 aliphatic carbocycles. The summed E-state index contributed by atoms with van der Waals surface area (Å²) in [5.41, 5.74) is 6.49. The molecule has 0 amide bonds. The van der Waals surface area contributed by atoms with Crippen LogP contribution in [-0.4, -0.2) is 31.5 Å². The van der Waals surface area contributed by atoms with Crippen LogP contribution in [0.3, 0.4) is 0 Å². The molecule has 3 nitrogen and oxygen atoms in total. The SMILES string of the molecule is CCOC1(C(N)Cc2ccc(Cl)cc2F)CCOCC1. The standard InChI is InChI=1S/C15H21ClFNO2/c1-2-20-15(5-7-19-8-6-15)14(18)9-11-3-4-12(16)10-13(11)17/h3-4,10,14H,2,5-9,18H2,1H3. The maximum atomic E-state index is 13.9. The van der Waals surface area contributed by atoms with Crippen molar-refractivity contribution in [3.05, 3.63) is 34.6 Å². The highest BCUT2D eigenvalue weighted by Crippen LogP contribution is 2.30. The summed E-state index contributed by atoms with van der Waals surface area (Å²) in [5, 5.41) is 0.394. The third-order valence-corrected chi connectivity index (χ3v) is 4.14. The zero-order chi connectivity index (χ0) is 14.6. The van der Waals surface area contributed by atoms with Gasteiger partial charge in [0.2, 0.25) is 0 Å². The van der Waals surface area contributed by atoms with E-state index in [-0.39, 0.29) is 11.9 Å². The fourth-order valence-electron chi connectivity index (χ4n) is 2.74. The Morgan fingerprint density at radius 2 is 2.15 bits per heavy atom. The van der Waals surface area contributed by atoms with E-state index in [9.17, 15) is 4.39 Å². The molecule has 2 rings (SSSR count). The van der Waals surface area contributed by atoms with Crippen molar-refractivity contribution in [3.63, 3.8) is 0 Å². The second-order valence-electron chi connectivity index (χ2n) is 5.16. The molecule has 20 heavy (non-hydrogen) atoms. The molecule has 1 aromatic rings. The highest BCUT2D eigenvalue weighted by molar-refractivity contribution is 6.30. The second kappa shape index (κ2) is 6.85. The van der Waals surface area contributed by atoms with Crippen molar-refractivity contribution in [3.8, 4) is 0 Å². The van der Waals surface area contributed by atoms with Crippen LogP contribution < -0.4 is 5.73 Å². The lowest BCUT2D eigenvalue weighted by Crippen LogP contribution is -2.54. The van der Waals surface area contributed by atoms with Gasteiger partial charge >= 0.3 is 0 Å². The van der Waals surface area contributed by atoms with E-state index >= 15 is 0 Å². The smallest absolute Gasteiger partial charge is 0.127 e. The summed E-state index contributed by atoms with van der Waals surface area (Å²) >= 11 is 5.77. The number of benzene rings is 1. The van der Waals surface area contributed by atoms with Crippen LogP contribution >= 0.6 is 11.6 Å². The molecule has 1 saturated heterocycles. The monoisotopic (exact) mass is 301 g/mol. The first kappa shape index (κ1) is 15.7. The van der Waals surface area contributed by atoms with Crippen molar-refractivity contribution in [1.82, 2.24) is 0 Å². The topological polar surface area (TPSA) is 44.5 Å². The zero-order valence-corrected chi connectivity index (χ0v) is 12.5. The third-order valence-electron chi connectivity index (χ3n) is 3.90. The van der Waals surface area contributed by atoms with Gasteiger partial charge in [0.1, 0.15) is 5.82 Å². The molecular formula is C15H21ClFNO2. The maximum Gasteiger partial charge on any atom is 0.127 e. The van der Waals surface area contributed by atoms with Gasteiger partial charge in [-0.15, -0.1) is 0 Å². The summed E-state index contributed by atoms with van der Waals surface area (Å²) in [4.78, 5) is 0. The van der Waals surface area contributed by atoms with Crippen LogP contribution in [0.25, 0.3) is 0 Å². The minimum atomic E-state index is -0.418. The van der Waals surface area contributed by atoms with Crippen LogP contribution in [0.1, 0.15) is 25.3 Å². The van der Waals surface area contributed by atoms with Crippen molar-refractivity contribution in [2.75, 3.05) is 19.8 Å². The van der Waals surface area contributed by atoms with Gasteiger partial charge in [0, 0.05) is 43.7 Å². The second-order valence-corrected chi connectivity index (χ2v) is 5.59. The van der Waals surface area contributed by atoms with Gasteiger partial charge in [-0.25, -0.2) is 4.39 Å². The van der Waals surface area contributed by atoms with E-state index in [0.717, 1.165) is 12.8 Å². The van der Waals surface area contributed by atoms with Crippen LogP contribution in [0.4, 0.5) is 4.39 Å². The van der Waals surface area contributed by atoms with Gasteiger partial charge < -0.3 is 15.2 Å². The molecular weight excluding hydrogens is 281 g/mol. The molecule has 2 N–H and O–H groups in total. The molecule has 1 atom stereocenters. The lowest BCUT2D eigenvalue weighted by Gasteiger charge is -2.41. The molecule has 0 spiro atoms. The van der Waals surface area contributed by atoms with E-state index in [1.165, 1.54) is 6.07 Å². The normalized spacial score (nSPS) is 19.8. The Hall–Kier alpha value is -0.680. The predicted molar refractivity (Wildman–Crippen MR) is 77.5 cm³/mol. The average Bonchev–Trinajstić information content (AvgIpc) is 2.43. The molecule has 1 fully saturated rings. The molecule has 0 aromatic heterocycles. The number of rotatable bonds is 5. The highest BCUT2D eigenvalue weighted by atomic mass is 35.5. The number of ether oxygens (including phenoxy) is 2. The molecule has 1 aliphatic rings. The Labute approximate surface area is 124 Å². The van der Waals surface area contributed by atoms with Crippen molar-refractivity contribution < 1.29 is 13.9 Å². The number of nitrogens with two attached hydrogens (primary N) is 1. The minimum Gasteiger partial charge on any atom is -0.381 e. The summed E-state index contributed by atoms with van der Waals surface area (Å²) in [6.45, 7) is 3.82. The quantitative estimate of drug-likeness (QED) is 0.909. The first-order valence-corrected chi connectivity index (χ1v) is 7.36. The maximum absolute atomic E-state index is 13.9. The Morgan fingerprint density at radius 1 is 1.45 bits per heavy atom. The first-order chi connectivity index (χ1) is 9.57. The van der Waals surface area contributed by atoms with Crippen LogP contribution in [0.5, 0.6) is 0 Å². The van der Waals surface area contributed by atoms with E-state index in [0.29, 0.717) is 36.8 Å². The fraction of sp³-hybridized carbons (Fsp3) is 0.600. The molecule has 0 radical (unpaired) electrons. The predicted octanol–water partition coefficient (Wildman–Crippen LogP) is 2.93. The fourth-order valence-corrected chi connectivity index (χ4v) is 2.90. The molecule has 1 aromatic carbocycles. The molecule has 1 aliphatic heterocycles. The zero-order valence-electron chi connectivity index (χ0n) is 11.7. The molecule has 5 heteroatoms. The average molecular weight is 302 g/mol.